The lowest BCUT2D eigenvalue weighted by atomic mass is 9.84. The molecule has 3 aromatic rings. The number of allylic oxidation sites excluding steroid dienone is 2. The lowest BCUT2D eigenvalue weighted by Crippen LogP contribution is -2.22. The van der Waals surface area contributed by atoms with Gasteiger partial charge in [0, 0.05) is 36.6 Å². The van der Waals surface area contributed by atoms with E-state index < -0.39 is 0 Å². The maximum absolute atomic E-state index is 12.6. The summed E-state index contributed by atoms with van der Waals surface area (Å²) in [5.41, 5.74) is 18.9. The molecule has 0 bridgehead atoms. The summed E-state index contributed by atoms with van der Waals surface area (Å²) in [4.78, 5) is 2.41. The number of nitrogens with one attached hydrogen (secondary N) is 1. The quantitative estimate of drug-likeness (QED) is 0.153. The minimum atomic E-state index is -0.230. The first-order valence-corrected chi connectivity index (χ1v) is 14.9. The molecule has 1 fully saturated rings. The first-order chi connectivity index (χ1) is 19.9. The second-order valence-corrected chi connectivity index (χ2v) is 11.6. The Morgan fingerprint density at radius 3 is 2.66 bits per heavy atom. The highest BCUT2D eigenvalue weighted by Crippen LogP contribution is 2.39. The van der Waals surface area contributed by atoms with Crippen molar-refractivity contribution < 1.29 is 4.39 Å². The van der Waals surface area contributed by atoms with E-state index in [-0.39, 0.29) is 6.67 Å². The number of rotatable bonds is 10. The van der Waals surface area contributed by atoms with Crippen molar-refractivity contribution in [3.05, 3.63) is 106 Å². The molecule has 0 spiro atoms. The molecule has 0 radical (unpaired) electrons. The molecule has 4 heteroatoms. The van der Waals surface area contributed by atoms with Gasteiger partial charge >= 0.3 is 0 Å². The summed E-state index contributed by atoms with van der Waals surface area (Å²) >= 11 is 0. The summed E-state index contributed by atoms with van der Waals surface area (Å²) < 4.78 is 12.6. The standard InChI is InChI=1S/C37H42FN3/c1-4-5-7-35(32-15-14-30-11-8-27(3)40-36(30)24-32)37(34-17-16-33(39)22-26(34)2)31-12-9-28(10-13-31)23-29-18-21-41(25-29)20-6-19-38/h1,9-10,12-17,22,24,29,40H,3,5-8,11,18-21,23,25,39H2,2H3/b37-35+. The number of halogens is 1. The van der Waals surface area contributed by atoms with Crippen molar-refractivity contribution in [1.29, 1.82) is 0 Å². The molecule has 3 nitrogen and oxygen atoms in total. The van der Waals surface area contributed by atoms with E-state index in [4.69, 9.17) is 12.2 Å². The number of fused-ring (bicyclic) bond motifs is 1. The lowest BCUT2D eigenvalue weighted by Gasteiger charge is -2.23. The summed E-state index contributed by atoms with van der Waals surface area (Å²) in [6.07, 6.45) is 12.1. The van der Waals surface area contributed by atoms with Crippen molar-refractivity contribution >= 4 is 22.5 Å². The zero-order chi connectivity index (χ0) is 28.8. The van der Waals surface area contributed by atoms with Crippen LogP contribution in [0, 0.1) is 25.2 Å². The van der Waals surface area contributed by atoms with Crippen LogP contribution in [0.25, 0.3) is 11.1 Å². The molecule has 0 aliphatic carbocycles. The van der Waals surface area contributed by atoms with Gasteiger partial charge in [0.15, 0.2) is 0 Å². The average molecular weight is 548 g/mol. The van der Waals surface area contributed by atoms with E-state index >= 15 is 0 Å². The SMILES string of the molecule is C#CCC/C(=C(/c1ccc(CC2CCN(CCCF)C2)cc1)c1ccc(N)cc1C)c1ccc2c(c1)NC(=C)CC2. The fraction of sp³-hybridized carbons (Fsp3) is 0.351. The Morgan fingerprint density at radius 2 is 1.90 bits per heavy atom. The van der Waals surface area contributed by atoms with Crippen LogP contribution in [0.15, 0.2) is 72.9 Å². The molecule has 3 aromatic carbocycles. The number of hydrogen-bond acceptors (Lipinski definition) is 3. The Balaban J connectivity index is 1.54. The summed E-state index contributed by atoms with van der Waals surface area (Å²) in [5.74, 6) is 3.50. The number of anilines is 2. The average Bonchev–Trinajstić information content (AvgIpc) is 3.42. The molecule has 2 aliphatic rings. The van der Waals surface area contributed by atoms with Crippen LogP contribution >= 0.6 is 0 Å². The highest BCUT2D eigenvalue weighted by atomic mass is 19.1. The maximum Gasteiger partial charge on any atom is 0.0906 e. The molecule has 5 rings (SSSR count). The molecule has 2 heterocycles. The predicted molar refractivity (Wildman–Crippen MR) is 172 cm³/mol. The minimum absolute atomic E-state index is 0.230. The molecule has 212 valence electrons. The van der Waals surface area contributed by atoms with Crippen LogP contribution in [0.3, 0.4) is 0 Å². The second kappa shape index (κ2) is 13.2. The third-order valence-corrected chi connectivity index (χ3v) is 8.55. The molecule has 0 amide bonds. The molecule has 1 unspecified atom stereocenters. The summed E-state index contributed by atoms with van der Waals surface area (Å²) in [6, 6.07) is 22.0. The molecule has 0 saturated carbocycles. The minimum Gasteiger partial charge on any atom is -0.399 e. The fourth-order valence-electron chi connectivity index (χ4n) is 6.41. The van der Waals surface area contributed by atoms with Crippen LogP contribution in [0.2, 0.25) is 0 Å². The van der Waals surface area contributed by atoms with Crippen molar-refractivity contribution in [2.45, 2.75) is 51.9 Å². The van der Waals surface area contributed by atoms with E-state index in [9.17, 15) is 4.39 Å². The number of likely N-dealkylation sites (tertiary alicyclic amines) is 1. The number of terminal acetylenes is 1. The van der Waals surface area contributed by atoms with Gasteiger partial charge < -0.3 is 16.0 Å². The van der Waals surface area contributed by atoms with Gasteiger partial charge in [0.25, 0.3) is 0 Å². The van der Waals surface area contributed by atoms with Gasteiger partial charge in [0.05, 0.1) is 6.67 Å². The van der Waals surface area contributed by atoms with Crippen molar-refractivity contribution in [1.82, 2.24) is 4.90 Å². The molecular weight excluding hydrogens is 505 g/mol. The second-order valence-electron chi connectivity index (χ2n) is 11.6. The first kappa shape index (κ1) is 28.7. The summed E-state index contributed by atoms with van der Waals surface area (Å²) in [6.45, 7) is 9.08. The van der Waals surface area contributed by atoms with Gasteiger partial charge in [-0.2, -0.15) is 0 Å². The van der Waals surface area contributed by atoms with Crippen LogP contribution in [0.1, 0.15) is 65.5 Å². The van der Waals surface area contributed by atoms with E-state index in [1.807, 2.05) is 6.07 Å². The monoisotopic (exact) mass is 547 g/mol. The van der Waals surface area contributed by atoms with Crippen LogP contribution in [-0.4, -0.2) is 31.2 Å². The van der Waals surface area contributed by atoms with Gasteiger partial charge in [0.2, 0.25) is 0 Å². The van der Waals surface area contributed by atoms with Crippen LogP contribution in [0.5, 0.6) is 0 Å². The Bertz CT molecular complexity index is 1460. The zero-order valence-corrected chi connectivity index (χ0v) is 24.3. The summed E-state index contributed by atoms with van der Waals surface area (Å²) in [5, 5.41) is 3.51. The number of nitrogens with two attached hydrogens (primary N) is 1. The van der Waals surface area contributed by atoms with Gasteiger partial charge in [-0.05, 0) is 121 Å². The fourth-order valence-corrected chi connectivity index (χ4v) is 6.41. The Hall–Kier alpha value is -3.81. The Labute approximate surface area is 245 Å². The lowest BCUT2D eigenvalue weighted by molar-refractivity contribution is 0.301. The number of benzene rings is 3. The normalized spacial score (nSPS) is 17.5. The highest BCUT2D eigenvalue weighted by Gasteiger charge is 2.23. The number of alkyl halides is 1. The van der Waals surface area contributed by atoms with Crippen molar-refractivity contribution in [2.24, 2.45) is 5.92 Å². The zero-order valence-electron chi connectivity index (χ0n) is 24.3. The van der Waals surface area contributed by atoms with Crippen LogP contribution in [0.4, 0.5) is 15.8 Å². The van der Waals surface area contributed by atoms with E-state index in [0.717, 1.165) is 68.0 Å². The van der Waals surface area contributed by atoms with Gasteiger partial charge in [0.1, 0.15) is 0 Å². The van der Waals surface area contributed by atoms with Crippen molar-refractivity contribution in [2.75, 3.05) is 37.4 Å². The third kappa shape index (κ3) is 6.92. The number of hydrogen-bond donors (Lipinski definition) is 2. The topological polar surface area (TPSA) is 41.3 Å². The van der Waals surface area contributed by atoms with Crippen LogP contribution < -0.4 is 11.1 Å². The maximum atomic E-state index is 12.6. The number of aryl methyl sites for hydroxylation is 2. The molecule has 1 atom stereocenters. The smallest absolute Gasteiger partial charge is 0.0906 e. The van der Waals surface area contributed by atoms with Crippen LogP contribution in [-0.2, 0) is 12.8 Å². The van der Waals surface area contributed by atoms with Gasteiger partial charge in [-0.3, -0.25) is 4.39 Å². The highest BCUT2D eigenvalue weighted by molar-refractivity contribution is 6.00. The van der Waals surface area contributed by atoms with E-state index in [0.29, 0.717) is 18.8 Å². The molecular formula is C37H42FN3. The van der Waals surface area contributed by atoms with E-state index in [1.54, 1.807) is 0 Å². The van der Waals surface area contributed by atoms with Crippen molar-refractivity contribution in [3.63, 3.8) is 0 Å². The van der Waals surface area contributed by atoms with Gasteiger partial charge in [-0.1, -0.05) is 49.0 Å². The van der Waals surface area contributed by atoms with E-state index in [1.165, 1.54) is 45.4 Å². The molecule has 3 N–H and O–H groups in total. The largest absolute Gasteiger partial charge is 0.399 e. The molecule has 41 heavy (non-hydrogen) atoms. The van der Waals surface area contributed by atoms with E-state index in [2.05, 4.69) is 84.2 Å². The Kier molecular flexibility index (Phi) is 9.27. The van der Waals surface area contributed by atoms with Crippen molar-refractivity contribution in [3.8, 4) is 12.3 Å². The first-order valence-electron chi connectivity index (χ1n) is 14.9. The number of nitrogens with zero attached hydrogens (tertiary/aromatic N) is 1. The predicted octanol–water partition coefficient (Wildman–Crippen LogP) is 8.05. The third-order valence-electron chi connectivity index (χ3n) is 8.55. The summed E-state index contributed by atoms with van der Waals surface area (Å²) in [7, 11) is 0. The molecule has 2 aliphatic heterocycles. The molecule has 1 saturated heterocycles. The number of nitrogen functional groups attached to an aromatic ring is 1. The molecule has 0 aromatic heterocycles. The Morgan fingerprint density at radius 1 is 1.10 bits per heavy atom. The van der Waals surface area contributed by atoms with Gasteiger partial charge in [-0.15, -0.1) is 12.3 Å². The van der Waals surface area contributed by atoms with Gasteiger partial charge in [-0.25, -0.2) is 0 Å².